The Morgan fingerprint density at radius 2 is 1.18 bits per heavy atom. The van der Waals surface area contributed by atoms with Crippen molar-refractivity contribution in [3.05, 3.63) is 36.5 Å². The van der Waals surface area contributed by atoms with Crippen molar-refractivity contribution in [2.45, 2.75) is 103 Å². The van der Waals surface area contributed by atoms with Crippen molar-refractivity contribution in [2.24, 2.45) is 23.7 Å². The molecule has 5 rings (SSSR count). The van der Waals surface area contributed by atoms with Gasteiger partial charge in [0.05, 0.1) is 0 Å². The second-order valence-electron chi connectivity index (χ2n) is 12.0. The second kappa shape index (κ2) is 15.3. The van der Waals surface area contributed by atoms with Gasteiger partial charge in [-0.1, -0.05) is 62.1 Å². The highest BCUT2D eigenvalue weighted by Gasteiger charge is 2.38. The first-order valence-electron chi connectivity index (χ1n) is 15.3. The van der Waals surface area contributed by atoms with Crippen LogP contribution in [0.1, 0.15) is 103 Å². The third-order valence-corrected chi connectivity index (χ3v) is 9.31. The zero-order valence-corrected chi connectivity index (χ0v) is 22.2. The normalized spacial score (nSPS) is 40.2. The van der Waals surface area contributed by atoms with Gasteiger partial charge in [0.2, 0.25) is 0 Å². The van der Waals surface area contributed by atoms with Gasteiger partial charge in [-0.3, -0.25) is 0 Å². The monoisotopic (exact) mass is 466 g/mol. The van der Waals surface area contributed by atoms with Gasteiger partial charge in [0, 0.05) is 26.2 Å². The van der Waals surface area contributed by atoms with Gasteiger partial charge in [-0.05, 0) is 114 Å². The van der Waals surface area contributed by atoms with E-state index in [0.717, 1.165) is 23.7 Å². The summed E-state index contributed by atoms with van der Waals surface area (Å²) in [7, 11) is 0. The van der Waals surface area contributed by atoms with Gasteiger partial charge in [-0.15, -0.1) is 0 Å². The molecule has 5 aliphatic heterocycles. The third kappa shape index (κ3) is 8.98. The highest BCUT2D eigenvalue weighted by molar-refractivity contribution is 5.02. The van der Waals surface area contributed by atoms with Crippen LogP contribution in [0.15, 0.2) is 36.5 Å². The van der Waals surface area contributed by atoms with Gasteiger partial charge in [-0.2, -0.15) is 0 Å². The van der Waals surface area contributed by atoms with Crippen LogP contribution in [0.25, 0.3) is 0 Å². The molecule has 5 heterocycles. The van der Waals surface area contributed by atoms with Crippen LogP contribution in [0.5, 0.6) is 0 Å². The lowest BCUT2D eigenvalue weighted by Gasteiger charge is -2.47. The molecule has 6 bridgehead atoms. The van der Waals surface area contributed by atoms with Gasteiger partial charge < -0.3 is 9.80 Å². The maximum Gasteiger partial charge on any atom is 0.00160 e. The van der Waals surface area contributed by atoms with E-state index in [4.69, 9.17) is 0 Å². The van der Waals surface area contributed by atoms with Gasteiger partial charge in [-0.25, -0.2) is 0 Å². The Hall–Kier alpha value is -0.860. The standard InChI is InChI=1S/C32H54N2/c1-2-5-10-14-18-23-34-26-29-19-15-11-7-4-6-9-13-17-22-33-24-21-32(31(25-29)28-34)30(27-33)20-16-12-8-3-1/h1-3,5,9,13,29-32H,4,6-8,10-12,14-28H2/b3-1+,5-2-,13-9-/t29-,30-,31+,32-/m0/s1. The Balaban J connectivity index is 1.48. The van der Waals surface area contributed by atoms with Crippen molar-refractivity contribution < 1.29 is 0 Å². The molecule has 2 nitrogen and oxygen atoms in total. The summed E-state index contributed by atoms with van der Waals surface area (Å²) in [5, 5.41) is 0. The number of nitrogens with zero attached hydrogens (tertiary/aromatic N) is 2. The Bertz CT molecular complexity index is 635. The van der Waals surface area contributed by atoms with Gasteiger partial charge in [0.1, 0.15) is 0 Å². The minimum Gasteiger partial charge on any atom is -0.303 e. The molecule has 2 unspecified atom stereocenters. The predicted octanol–water partition coefficient (Wildman–Crippen LogP) is 8.02. The fourth-order valence-corrected chi connectivity index (χ4v) is 7.46. The van der Waals surface area contributed by atoms with E-state index in [2.05, 4.69) is 46.3 Å². The zero-order valence-electron chi connectivity index (χ0n) is 22.2. The summed E-state index contributed by atoms with van der Waals surface area (Å²) in [5.74, 6) is 3.82. The number of piperidine rings is 2. The summed E-state index contributed by atoms with van der Waals surface area (Å²) < 4.78 is 0. The molecule has 2 fully saturated rings. The van der Waals surface area contributed by atoms with E-state index >= 15 is 0 Å². The lowest BCUT2D eigenvalue weighted by molar-refractivity contribution is 0.0194. The van der Waals surface area contributed by atoms with Crippen molar-refractivity contribution in [3.8, 4) is 0 Å². The Kier molecular flexibility index (Phi) is 11.8. The summed E-state index contributed by atoms with van der Waals surface area (Å²) in [6, 6.07) is 0. The molecule has 5 aliphatic rings. The van der Waals surface area contributed by atoms with Gasteiger partial charge in [0.15, 0.2) is 0 Å². The molecule has 6 atom stereocenters. The molecule has 192 valence electrons. The highest BCUT2D eigenvalue weighted by Crippen LogP contribution is 2.40. The molecule has 0 radical (unpaired) electrons. The lowest BCUT2D eigenvalue weighted by Crippen LogP contribution is -2.49. The van der Waals surface area contributed by atoms with E-state index in [1.807, 2.05) is 0 Å². The molecule has 0 N–H and O–H groups in total. The predicted molar refractivity (Wildman–Crippen MR) is 148 cm³/mol. The SMILES string of the molecule is C1=C\CCCCN2C[C@H]3CCCCCC/C=C\CCN4CC[C@H]([C@H](C3)C2)[C@@H](CCCC/C=C/1)C4. The molecule has 0 saturated carbocycles. The molecule has 0 aromatic carbocycles. The fraction of sp³-hybridized carbons (Fsp3) is 0.812. The van der Waals surface area contributed by atoms with Crippen LogP contribution >= 0.6 is 0 Å². The van der Waals surface area contributed by atoms with Crippen molar-refractivity contribution >= 4 is 0 Å². The molecule has 0 aromatic rings. The Labute approximate surface area is 211 Å². The maximum absolute atomic E-state index is 2.92. The number of hydrogen-bond donors (Lipinski definition) is 0. The summed E-state index contributed by atoms with van der Waals surface area (Å²) in [6.45, 7) is 8.14. The average molecular weight is 467 g/mol. The third-order valence-electron chi connectivity index (χ3n) is 9.31. The quantitative estimate of drug-likeness (QED) is 0.333. The number of hydrogen-bond acceptors (Lipinski definition) is 2. The first-order chi connectivity index (χ1) is 16.9. The topological polar surface area (TPSA) is 6.48 Å². The number of rotatable bonds is 0. The molecule has 34 heavy (non-hydrogen) atoms. The van der Waals surface area contributed by atoms with E-state index in [1.165, 1.54) is 142 Å². The summed E-state index contributed by atoms with van der Waals surface area (Å²) in [5.41, 5.74) is 0. The van der Waals surface area contributed by atoms with E-state index in [9.17, 15) is 0 Å². The first kappa shape index (κ1) is 26.2. The average Bonchev–Trinajstić information content (AvgIpc) is 2.85. The summed E-state index contributed by atoms with van der Waals surface area (Å²) >= 11 is 0. The van der Waals surface area contributed by atoms with Crippen LogP contribution in [0.3, 0.4) is 0 Å². The van der Waals surface area contributed by atoms with E-state index in [0.29, 0.717) is 0 Å². The number of fused-ring (bicyclic) bond motifs is 10. The smallest absolute Gasteiger partial charge is 0.00160 e. The van der Waals surface area contributed by atoms with Gasteiger partial charge >= 0.3 is 0 Å². The van der Waals surface area contributed by atoms with Crippen molar-refractivity contribution in [1.29, 1.82) is 0 Å². The molecule has 0 spiro atoms. The molecule has 2 heteroatoms. The second-order valence-corrected chi connectivity index (χ2v) is 12.0. The zero-order chi connectivity index (χ0) is 23.3. The van der Waals surface area contributed by atoms with E-state index in [-0.39, 0.29) is 0 Å². The summed E-state index contributed by atoms with van der Waals surface area (Å²) in [6.07, 6.45) is 36.6. The minimum absolute atomic E-state index is 0.929. The lowest BCUT2D eigenvalue weighted by atomic mass is 9.69. The molecule has 0 aliphatic carbocycles. The van der Waals surface area contributed by atoms with Crippen LogP contribution in [0.2, 0.25) is 0 Å². The highest BCUT2D eigenvalue weighted by atomic mass is 15.1. The molecule has 0 aromatic heterocycles. The largest absolute Gasteiger partial charge is 0.303 e. The van der Waals surface area contributed by atoms with E-state index < -0.39 is 0 Å². The molecular weight excluding hydrogens is 412 g/mol. The minimum atomic E-state index is 0.929. The van der Waals surface area contributed by atoms with Crippen LogP contribution in [-0.2, 0) is 0 Å². The maximum atomic E-state index is 2.92. The van der Waals surface area contributed by atoms with Crippen LogP contribution in [0.4, 0.5) is 0 Å². The van der Waals surface area contributed by atoms with Gasteiger partial charge in [0.25, 0.3) is 0 Å². The van der Waals surface area contributed by atoms with Crippen molar-refractivity contribution in [1.82, 2.24) is 9.80 Å². The number of allylic oxidation sites excluding steroid dienone is 5. The van der Waals surface area contributed by atoms with Crippen molar-refractivity contribution in [2.75, 3.05) is 39.3 Å². The van der Waals surface area contributed by atoms with Crippen LogP contribution < -0.4 is 0 Å². The first-order valence-corrected chi connectivity index (χ1v) is 15.3. The fourth-order valence-electron chi connectivity index (χ4n) is 7.46. The van der Waals surface area contributed by atoms with Crippen molar-refractivity contribution in [3.63, 3.8) is 0 Å². The Morgan fingerprint density at radius 3 is 2.09 bits per heavy atom. The summed E-state index contributed by atoms with van der Waals surface area (Å²) in [4.78, 5) is 5.75. The molecular formula is C32H54N2. The van der Waals surface area contributed by atoms with Crippen LogP contribution in [0, 0.1) is 23.7 Å². The van der Waals surface area contributed by atoms with E-state index in [1.54, 1.807) is 0 Å². The molecule has 0 amide bonds. The molecule has 2 saturated heterocycles. The van der Waals surface area contributed by atoms with Crippen LogP contribution in [-0.4, -0.2) is 49.1 Å². The Morgan fingerprint density at radius 1 is 0.471 bits per heavy atom.